The third-order valence-corrected chi connectivity index (χ3v) is 11.9. The number of aliphatic hydroxyl groups is 2. The summed E-state index contributed by atoms with van der Waals surface area (Å²) in [5, 5.41) is 24.1. The van der Waals surface area contributed by atoms with E-state index in [0.717, 1.165) is 11.3 Å². The molecule has 0 aromatic heterocycles. The Morgan fingerprint density at radius 2 is 1.72 bits per heavy atom. The number of fused-ring (bicyclic) bond motifs is 5. The first-order chi connectivity index (χ1) is 26.7. The molecule has 3 heterocycles. The van der Waals surface area contributed by atoms with Gasteiger partial charge < -0.3 is 43.5 Å². The number of rotatable bonds is 7. The van der Waals surface area contributed by atoms with Crippen molar-refractivity contribution in [3.8, 4) is 5.75 Å². The maximum atomic E-state index is 14.5. The van der Waals surface area contributed by atoms with E-state index < -0.39 is 83.2 Å². The van der Waals surface area contributed by atoms with Gasteiger partial charge in [-0.1, -0.05) is 58.1 Å². The van der Waals surface area contributed by atoms with Gasteiger partial charge in [-0.25, -0.2) is 4.99 Å². The number of carbonyl (C=O) groups excluding carboxylic acids is 3. The van der Waals surface area contributed by atoms with Crippen LogP contribution in [-0.4, -0.2) is 127 Å². The lowest BCUT2D eigenvalue weighted by molar-refractivity contribution is -0.296. The number of cyclic esters (lactones) is 1. The zero-order valence-corrected chi connectivity index (χ0v) is 35.9. The van der Waals surface area contributed by atoms with Crippen LogP contribution in [0.15, 0.2) is 47.0 Å². The van der Waals surface area contributed by atoms with Crippen molar-refractivity contribution in [2.75, 3.05) is 34.4 Å². The average Bonchev–Trinajstić information content (AvgIpc) is 3.17. The highest BCUT2D eigenvalue weighted by Crippen LogP contribution is 2.40. The van der Waals surface area contributed by atoms with E-state index in [4.69, 9.17) is 28.4 Å². The molecule has 0 radical (unpaired) electrons. The van der Waals surface area contributed by atoms with Crippen molar-refractivity contribution in [1.29, 1.82) is 0 Å². The largest absolute Gasteiger partial charge is 0.497 e. The highest BCUT2D eigenvalue weighted by atomic mass is 16.7. The van der Waals surface area contributed by atoms with Crippen LogP contribution < -0.4 is 4.74 Å². The topological polar surface area (TPSA) is 163 Å². The van der Waals surface area contributed by atoms with Gasteiger partial charge in [0.1, 0.15) is 29.5 Å². The highest BCUT2D eigenvalue weighted by molar-refractivity contribution is 6.00. The van der Waals surface area contributed by atoms with E-state index in [9.17, 15) is 24.6 Å². The number of methoxy groups -OCH3 is 1. The lowest BCUT2D eigenvalue weighted by atomic mass is 9.73. The van der Waals surface area contributed by atoms with Crippen LogP contribution in [0, 0.1) is 23.7 Å². The summed E-state index contributed by atoms with van der Waals surface area (Å²) in [4.78, 5) is 47.6. The monoisotopic (exact) mass is 798 g/mol. The Kier molecular flexibility index (Phi) is 16.0. The maximum absolute atomic E-state index is 14.5. The summed E-state index contributed by atoms with van der Waals surface area (Å²) in [6.07, 6.45) is 0.969. The number of hydrogen-bond acceptors (Lipinski definition) is 12. The molecule has 0 saturated carbocycles. The molecule has 1 unspecified atom stereocenters. The molecule has 4 rings (SSSR count). The number of ketones is 1. The van der Waals surface area contributed by atoms with Crippen LogP contribution in [0.5, 0.6) is 5.75 Å². The minimum absolute atomic E-state index is 0.0107. The first kappa shape index (κ1) is 46.4. The van der Waals surface area contributed by atoms with Gasteiger partial charge in [0.05, 0.1) is 44.2 Å². The van der Waals surface area contributed by atoms with Crippen LogP contribution >= 0.6 is 0 Å². The van der Waals surface area contributed by atoms with Crippen LogP contribution in [0.1, 0.15) is 87.1 Å². The van der Waals surface area contributed by atoms with Crippen molar-refractivity contribution in [2.45, 2.75) is 136 Å². The Balaban J connectivity index is 1.96. The average molecular weight is 799 g/mol. The predicted molar refractivity (Wildman–Crippen MR) is 217 cm³/mol. The van der Waals surface area contributed by atoms with E-state index in [1.807, 2.05) is 89.2 Å². The molecule has 2 bridgehead atoms. The minimum atomic E-state index is -1.79. The van der Waals surface area contributed by atoms with Gasteiger partial charge in [0, 0.05) is 30.5 Å². The number of Topliss-reactive ketones (excluding diaryl/α,β-unsaturated/α-hetero) is 1. The Bertz CT molecular complexity index is 1640. The number of nitrogens with zero attached hydrogens (tertiary/aromatic N) is 2. The molecule has 1 aromatic rings. The molecule has 13 atom stereocenters. The maximum Gasteiger partial charge on any atom is 0.316 e. The van der Waals surface area contributed by atoms with Gasteiger partial charge in [-0.15, -0.1) is 0 Å². The lowest BCUT2D eigenvalue weighted by Crippen LogP contribution is -2.60. The number of hydrogen-bond donors (Lipinski definition) is 2. The molecule has 3 aliphatic rings. The van der Waals surface area contributed by atoms with Gasteiger partial charge >= 0.3 is 5.97 Å². The second kappa shape index (κ2) is 19.6. The van der Waals surface area contributed by atoms with Crippen molar-refractivity contribution in [3.63, 3.8) is 0 Å². The Morgan fingerprint density at radius 1 is 1.05 bits per heavy atom. The smallest absolute Gasteiger partial charge is 0.316 e. The molecule has 2 N–H and O–H groups in total. The molecule has 0 spiro atoms. The van der Waals surface area contributed by atoms with Gasteiger partial charge in [0.15, 0.2) is 12.1 Å². The third-order valence-electron chi connectivity index (χ3n) is 11.9. The normalized spacial score (nSPS) is 39.1. The quantitative estimate of drug-likeness (QED) is 0.275. The van der Waals surface area contributed by atoms with E-state index in [-0.39, 0.29) is 38.2 Å². The van der Waals surface area contributed by atoms with Crippen molar-refractivity contribution in [2.24, 2.45) is 28.7 Å². The first-order valence-electron chi connectivity index (χ1n) is 20.2. The summed E-state index contributed by atoms with van der Waals surface area (Å²) in [6.45, 7) is 15.4. The second-order valence-corrected chi connectivity index (χ2v) is 16.8. The fourth-order valence-electron chi connectivity index (χ4n) is 8.68. The summed E-state index contributed by atoms with van der Waals surface area (Å²) in [7, 11) is 5.37. The zero-order valence-electron chi connectivity index (χ0n) is 35.9. The Morgan fingerprint density at radius 3 is 2.32 bits per heavy atom. The molecular formula is C44H66N2O11. The minimum Gasteiger partial charge on any atom is -0.497 e. The van der Waals surface area contributed by atoms with Gasteiger partial charge in [-0.3, -0.25) is 14.4 Å². The van der Waals surface area contributed by atoms with E-state index in [1.165, 1.54) is 13.8 Å². The standard InChI is InChI=1S/C44H66N2O11/c1-13-35-44(9,51)40-27(4)36(45-30(7)47)25(2)22-43(8,54-24-32(23-53-40)16-14-15-31-17-19-33(52-12)20-18-31)39(28(5)37(48)29(6)41(50)56-35)57-42-38(49)34(46(10)11)21-26(3)55-42/h14-20,25-29,34-35,38-40,42,49,51H,13,21-24H2,1-12H3/b15-14+,32-16+,45-36?/t25-,26-,27+,28+,29-,34+,35-,38-,39-,40?,42+,43-,44-/m1/s1. The second-order valence-electron chi connectivity index (χ2n) is 16.8. The van der Waals surface area contributed by atoms with Crippen LogP contribution in [0.3, 0.4) is 0 Å². The van der Waals surface area contributed by atoms with Crippen LogP contribution in [0.25, 0.3) is 6.08 Å². The summed E-state index contributed by atoms with van der Waals surface area (Å²) >= 11 is 0. The molecule has 318 valence electrons. The van der Waals surface area contributed by atoms with Gasteiger partial charge in [-0.05, 0) is 90.2 Å². The van der Waals surface area contributed by atoms with Crippen LogP contribution in [-0.2, 0) is 38.1 Å². The number of esters is 1. The van der Waals surface area contributed by atoms with Crippen molar-refractivity contribution in [3.05, 3.63) is 47.6 Å². The summed E-state index contributed by atoms with van der Waals surface area (Å²) in [5.74, 6) is -4.32. The number of aliphatic hydroxyl groups excluding tert-OH is 1. The Labute approximate surface area is 338 Å². The van der Waals surface area contributed by atoms with Crippen LogP contribution in [0.4, 0.5) is 0 Å². The molecule has 13 nitrogen and oxygen atoms in total. The van der Waals surface area contributed by atoms with E-state index in [2.05, 4.69) is 4.99 Å². The number of likely N-dealkylation sites (N-methyl/N-ethyl adjacent to an activating group) is 1. The summed E-state index contributed by atoms with van der Waals surface area (Å²) in [5.41, 5.74) is -1.03. The van der Waals surface area contributed by atoms with Crippen molar-refractivity contribution >= 4 is 29.4 Å². The predicted octanol–water partition coefficient (Wildman–Crippen LogP) is 5.20. The molecule has 3 saturated heterocycles. The summed E-state index contributed by atoms with van der Waals surface area (Å²) < 4.78 is 38.0. The Hall–Kier alpha value is -3.30. The molecule has 0 aliphatic carbocycles. The number of allylic oxidation sites excluding steroid dienone is 2. The molecule has 57 heavy (non-hydrogen) atoms. The fraction of sp³-hybridized carbons (Fsp3) is 0.682. The molecule has 3 aliphatic heterocycles. The molecule has 1 amide bonds. The van der Waals surface area contributed by atoms with Gasteiger partial charge in [0.2, 0.25) is 5.91 Å². The zero-order chi connectivity index (χ0) is 42.4. The van der Waals surface area contributed by atoms with Crippen molar-refractivity contribution in [1.82, 2.24) is 4.90 Å². The number of ether oxygens (including phenoxy) is 6. The first-order valence-corrected chi connectivity index (χ1v) is 20.2. The van der Waals surface area contributed by atoms with Gasteiger partial charge in [-0.2, -0.15) is 0 Å². The third kappa shape index (κ3) is 11.1. The highest BCUT2D eigenvalue weighted by Gasteiger charge is 2.53. The number of amides is 1. The molecular weight excluding hydrogens is 732 g/mol. The SMILES string of the molecule is CC[C@H]1OC(=O)[C@H](C)C(=O)[C@H](C)[C@@H](O[C@@H]2O[C@H](C)C[C@H](N(C)C)[C@H]2O)[C@@]2(C)C[C@@H](C)C(=NC(C)=O)[C@H](C)C(OC/C(=C\C=C\c3ccc(OC)cc3)CO2)[C@]1(C)O. The number of aliphatic imine (C=N–C) groups is 1. The molecule has 13 heteroatoms. The van der Waals surface area contributed by atoms with E-state index in [1.54, 1.807) is 27.9 Å². The molecule has 3 fully saturated rings. The molecule has 1 aromatic carbocycles. The lowest BCUT2D eigenvalue weighted by Gasteiger charge is -2.47. The van der Waals surface area contributed by atoms with Crippen molar-refractivity contribution < 1.29 is 53.0 Å². The fourth-order valence-corrected chi connectivity index (χ4v) is 8.68. The van der Waals surface area contributed by atoms with Gasteiger partial charge in [0.25, 0.3) is 0 Å². The van der Waals surface area contributed by atoms with E-state index in [0.29, 0.717) is 17.7 Å². The number of benzene rings is 1. The van der Waals surface area contributed by atoms with Crippen LogP contribution in [0.2, 0.25) is 0 Å². The summed E-state index contributed by atoms with van der Waals surface area (Å²) in [6, 6.07) is 7.30. The van der Waals surface area contributed by atoms with E-state index >= 15 is 0 Å². The number of carbonyl (C=O) groups is 3.